The van der Waals surface area contributed by atoms with Gasteiger partial charge in [-0.2, -0.15) is 0 Å². The van der Waals surface area contributed by atoms with Crippen molar-refractivity contribution in [2.75, 3.05) is 22.1 Å². The number of rotatable bonds is 8. The molecular weight excluding hydrogens is 544 g/mol. The number of nitrogens with two attached hydrogens (primary N) is 2. The fourth-order valence-corrected chi connectivity index (χ4v) is 4.29. The van der Waals surface area contributed by atoms with Crippen LogP contribution in [0, 0.1) is 0 Å². The highest BCUT2D eigenvalue weighted by atomic mass is 16.3. The Morgan fingerprint density at radius 3 is 1.07 bits per heavy atom. The molecule has 0 radical (unpaired) electrons. The second-order valence-corrected chi connectivity index (χ2v) is 9.73. The molecule has 0 saturated heterocycles. The van der Waals surface area contributed by atoms with Crippen LogP contribution in [-0.2, 0) is 0 Å². The molecule has 43 heavy (non-hydrogen) atoms. The van der Waals surface area contributed by atoms with E-state index < -0.39 is 11.8 Å². The predicted octanol–water partition coefficient (Wildman–Crippen LogP) is 5.52. The van der Waals surface area contributed by atoms with Crippen LogP contribution >= 0.6 is 0 Å². The number of benzene rings is 5. The summed E-state index contributed by atoms with van der Waals surface area (Å²) in [4.78, 5) is 51.2. The number of nitrogen functional groups attached to an aromatic ring is 2. The van der Waals surface area contributed by atoms with Gasteiger partial charge in [-0.3, -0.25) is 19.2 Å². The Hall–Kier alpha value is -6.22. The molecule has 0 heterocycles. The number of anilines is 4. The molecule has 0 unspecified atom stereocenters. The van der Waals surface area contributed by atoms with Gasteiger partial charge in [-0.25, -0.2) is 0 Å². The van der Waals surface area contributed by atoms with Crippen LogP contribution in [0.4, 0.5) is 22.7 Å². The van der Waals surface area contributed by atoms with Gasteiger partial charge in [0.05, 0.1) is 0 Å². The average Bonchev–Trinajstić information content (AvgIpc) is 3.01. The Bertz CT molecular complexity index is 1700. The Labute approximate surface area is 246 Å². The predicted molar refractivity (Wildman–Crippen MR) is 165 cm³/mol. The number of hydrogen-bond acceptors (Lipinski definition) is 7. The summed E-state index contributed by atoms with van der Waals surface area (Å²) in [5.41, 5.74) is 15.2. The van der Waals surface area contributed by atoms with Crippen molar-refractivity contribution in [3.8, 4) is 5.75 Å². The van der Waals surface area contributed by atoms with Gasteiger partial charge in [0.15, 0.2) is 11.6 Å². The van der Waals surface area contributed by atoms with Gasteiger partial charge in [0, 0.05) is 56.1 Å². The lowest BCUT2D eigenvalue weighted by Gasteiger charge is -2.10. The normalized spacial score (nSPS) is 10.5. The number of hydrogen-bond donors (Lipinski definition) is 5. The number of amides is 2. The highest BCUT2D eigenvalue weighted by Gasteiger charge is 2.15. The summed E-state index contributed by atoms with van der Waals surface area (Å²) in [6.45, 7) is 0. The molecule has 0 aliphatic rings. The van der Waals surface area contributed by atoms with Crippen LogP contribution in [0.1, 0.15) is 52.6 Å². The summed E-state index contributed by atoms with van der Waals surface area (Å²) in [5, 5.41) is 15.6. The van der Waals surface area contributed by atoms with Crippen LogP contribution in [0.5, 0.6) is 5.75 Å². The first-order valence-corrected chi connectivity index (χ1v) is 13.1. The van der Waals surface area contributed by atoms with E-state index in [0.29, 0.717) is 45.0 Å². The zero-order valence-electron chi connectivity index (χ0n) is 22.7. The number of phenols is 1. The largest absolute Gasteiger partial charge is 0.508 e. The smallest absolute Gasteiger partial charge is 0.255 e. The Balaban J connectivity index is 1.24. The Morgan fingerprint density at radius 1 is 0.442 bits per heavy atom. The molecule has 212 valence electrons. The van der Waals surface area contributed by atoms with Crippen LogP contribution < -0.4 is 22.1 Å². The topological polar surface area (TPSA) is 165 Å². The van der Waals surface area contributed by atoms with Crippen molar-refractivity contribution in [3.63, 3.8) is 0 Å². The molecule has 9 heteroatoms. The van der Waals surface area contributed by atoms with E-state index >= 15 is 0 Å². The quantitative estimate of drug-likeness (QED) is 0.121. The molecular formula is C34H26N4O5. The average molecular weight is 571 g/mol. The molecule has 0 aromatic heterocycles. The van der Waals surface area contributed by atoms with Crippen molar-refractivity contribution in [3.05, 3.63) is 149 Å². The molecule has 7 N–H and O–H groups in total. The van der Waals surface area contributed by atoms with E-state index in [1.807, 2.05) is 0 Å². The van der Waals surface area contributed by atoms with E-state index in [1.54, 1.807) is 97.1 Å². The minimum absolute atomic E-state index is 0.0524. The zero-order chi connectivity index (χ0) is 30.5. The fourth-order valence-electron chi connectivity index (χ4n) is 4.29. The standard InChI is InChI=1S/C34H26N4O5/c35-26-9-1-20(2-10-26)31(40)22-5-13-28(14-6-22)37-33(42)24-17-25(19-30(39)18-24)34(43)38-29-15-7-23(8-16-29)32(41)21-3-11-27(36)12-4-21/h1-19,39H,35-36H2,(H,37,42)(H,38,43). The first-order valence-electron chi connectivity index (χ1n) is 13.1. The van der Waals surface area contributed by atoms with Gasteiger partial charge in [0.25, 0.3) is 11.8 Å². The SMILES string of the molecule is Nc1ccc(C(=O)c2ccc(NC(=O)c3cc(O)cc(C(=O)Nc4ccc(C(=O)c5ccc(N)cc5)cc4)c3)cc2)cc1. The first-order chi connectivity index (χ1) is 20.7. The molecule has 0 aliphatic carbocycles. The van der Waals surface area contributed by atoms with E-state index in [-0.39, 0.29) is 28.4 Å². The maximum Gasteiger partial charge on any atom is 0.255 e. The second kappa shape index (κ2) is 12.1. The number of phenolic OH excluding ortho intramolecular Hbond substituents is 1. The molecule has 0 saturated carbocycles. The van der Waals surface area contributed by atoms with Crippen molar-refractivity contribution in [1.29, 1.82) is 0 Å². The number of carbonyl (C=O) groups excluding carboxylic acids is 4. The van der Waals surface area contributed by atoms with Crippen molar-refractivity contribution < 1.29 is 24.3 Å². The third-order valence-electron chi connectivity index (χ3n) is 6.60. The highest BCUT2D eigenvalue weighted by molar-refractivity contribution is 6.11. The molecule has 0 atom stereocenters. The number of nitrogens with one attached hydrogen (secondary N) is 2. The van der Waals surface area contributed by atoms with E-state index in [9.17, 15) is 24.3 Å². The zero-order valence-corrected chi connectivity index (χ0v) is 22.7. The second-order valence-electron chi connectivity index (χ2n) is 9.73. The van der Waals surface area contributed by atoms with Crippen LogP contribution in [0.25, 0.3) is 0 Å². The molecule has 2 amide bonds. The molecule has 5 aromatic carbocycles. The molecule has 9 nitrogen and oxygen atoms in total. The summed E-state index contributed by atoms with van der Waals surface area (Å²) in [5.74, 6) is -1.78. The van der Waals surface area contributed by atoms with Crippen molar-refractivity contribution in [1.82, 2.24) is 0 Å². The maximum atomic E-state index is 12.9. The molecule has 0 spiro atoms. The Kier molecular flexibility index (Phi) is 7.97. The van der Waals surface area contributed by atoms with Gasteiger partial charge >= 0.3 is 0 Å². The lowest BCUT2D eigenvalue weighted by molar-refractivity contribution is 0.101. The maximum absolute atomic E-state index is 12.9. The van der Waals surface area contributed by atoms with Gasteiger partial charge in [-0.15, -0.1) is 0 Å². The highest BCUT2D eigenvalue weighted by Crippen LogP contribution is 2.21. The van der Waals surface area contributed by atoms with Crippen LogP contribution in [0.2, 0.25) is 0 Å². The van der Waals surface area contributed by atoms with Crippen LogP contribution in [0.3, 0.4) is 0 Å². The summed E-state index contributed by atoms with van der Waals surface area (Å²) in [6, 6.07) is 29.7. The number of carbonyl (C=O) groups is 4. The molecule has 5 rings (SSSR count). The molecule has 0 aliphatic heterocycles. The van der Waals surface area contributed by atoms with E-state index in [0.717, 1.165) is 0 Å². The molecule has 0 fully saturated rings. The van der Waals surface area contributed by atoms with Gasteiger partial charge in [0.2, 0.25) is 0 Å². The third-order valence-corrected chi connectivity index (χ3v) is 6.60. The van der Waals surface area contributed by atoms with Gasteiger partial charge in [-0.05, 0) is 115 Å². The van der Waals surface area contributed by atoms with E-state index in [2.05, 4.69) is 10.6 Å². The summed E-state index contributed by atoms with van der Waals surface area (Å²) in [6.07, 6.45) is 0. The van der Waals surface area contributed by atoms with E-state index in [1.165, 1.54) is 18.2 Å². The lowest BCUT2D eigenvalue weighted by Crippen LogP contribution is -2.16. The lowest BCUT2D eigenvalue weighted by atomic mass is 10.0. The minimum atomic E-state index is -0.562. The van der Waals surface area contributed by atoms with Crippen molar-refractivity contribution >= 4 is 46.1 Å². The summed E-state index contributed by atoms with van der Waals surface area (Å²) in [7, 11) is 0. The summed E-state index contributed by atoms with van der Waals surface area (Å²) >= 11 is 0. The summed E-state index contributed by atoms with van der Waals surface area (Å²) < 4.78 is 0. The van der Waals surface area contributed by atoms with Crippen molar-refractivity contribution in [2.24, 2.45) is 0 Å². The first kappa shape index (κ1) is 28.3. The molecule has 0 bridgehead atoms. The van der Waals surface area contributed by atoms with Crippen molar-refractivity contribution in [2.45, 2.75) is 0 Å². The third kappa shape index (κ3) is 6.75. The molecule has 5 aromatic rings. The number of ketones is 2. The van der Waals surface area contributed by atoms with E-state index in [4.69, 9.17) is 11.5 Å². The fraction of sp³-hybridized carbons (Fsp3) is 0. The van der Waals surface area contributed by atoms with Gasteiger partial charge < -0.3 is 27.2 Å². The monoisotopic (exact) mass is 570 g/mol. The van der Waals surface area contributed by atoms with Gasteiger partial charge in [-0.1, -0.05) is 0 Å². The van der Waals surface area contributed by atoms with Gasteiger partial charge in [0.1, 0.15) is 5.75 Å². The minimum Gasteiger partial charge on any atom is -0.508 e. The van der Waals surface area contributed by atoms with Crippen LogP contribution in [-0.4, -0.2) is 28.5 Å². The number of aromatic hydroxyl groups is 1. The van der Waals surface area contributed by atoms with Crippen LogP contribution in [0.15, 0.2) is 115 Å². The Morgan fingerprint density at radius 2 is 0.744 bits per heavy atom.